The first-order chi connectivity index (χ1) is 10.6. The minimum absolute atomic E-state index is 0.225. The van der Waals surface area contributed by atoms with Crippen LogP contribution in [0.5, 0.6) is 0 Å². The average molecular weight is 312 g/mol. The monoisotopic (exact) mass is 312 g/mol. The fraction of sp³-hybridized carbons (Fsp3) is 0.833. The lowest BCUT2D eigenvalue weighted by molar-refractivity contribution is -0.137. The minimum Gasteiger partial charge on any atom is -0.481 e. The van der Waals surface area contributed by atoms with E-state index in [1.165, 1.54) is 19.3 Å². The van der Waals surface area contributed by atoms with E-state index < -0.39 is 5.97 Å². The minimum atomic E-state index is -0.712. The quantitative estimate of drug-likeness (QED) is 0.288. The summed E-state index contributed by atoms with van der Waals surface area (Å²) in [5.41, 5.74) is 0. The van der Waals surface area contributed by atoms with Gasteiger partial charge in [0.15, 0.2) is 0 Å². The van der Waals surface area contributed by atoms with E-state index in [0.29, 0.717) is 6.10 Å². The van der Waals surface area contributed by atoms with E-state index in [1.807, 2.05) is 12.2 Å². The Hall–Kier alpha value is -0.870. The number of unbranched alkanes of at least 4 members (excludes halogenated alkanes) is 6. The Labute approximate surface area is 134 Å². The van der Waals surface area contributed by atoms with Crippen LogP contribution >= 0.6 is 0 Å². The fourth-order valence-corrected chi connectivity index (χ4v) is 2.65. The molecule has 4 heteroatoms. The fourth-order valence-electron chi connectivity index (χ4n) is 2.65. The van der Waals surface area contributed by atoms with E-state index in [1.54, 1.807) is 0 Å². The molecule has 0 aromatic carbocycles. The van der Waals surface area contributed by atoms with Crippen molar-refractivity contribution in [3.8, 4) is 0 Å². The third-order valence-electron chi connectivity index (χ3n) is 4.13. The molecule has 0 aliphatic carbocycles. The summed E-state index contributed by atoms with van der Waals surface area (Å²) in [5, 5.41) is 18.4. The summed E-state index contributed by atoms with van der Waals surface area (Å²) in [6, 6.07) is 0. The van der Waals surface area contributed by atoms with Crippen molar-refractivity contribution in [1.29, 1.82) is 0 Å². The van der Waals surface area contributed by atoms with Gasteiger partial charge in [0.25, 0.3) is 0 Å². The van der Waals surface area contributed by atoms with Gasteiger partial charge in [-0.3, -0.25) is 4.79 Å². The second kappa shape index (κ2) is 11.7. The molecule has 3 atom stereocenters. The maximum Gasteiger partial charge on any atom is 0.303 e. The van der Waals surface area contributed by atoms with E-state index in [0.717, 1.165) is 44.9 Å². The molecule has 128 valence electrons. The molecule has 0 spiro atoms. The number of ether oxygens (including phenoxy) is 1. The second-order valence-electron chi connectivity index (χ2n) is 6.29. The SMILES string of the molecule is CCCCC[C@@H]1O[C@H]1/C=C/C(O)CCCCCCCC(=O)O. The summed E-state index contributed by atoms with van der Waals surface area (Å²) < 4.78 is 5.56. The molecule has 0 amide bonds. The number of carbonyl (C=O) groups is 1. The molecule has 22 heavy (non-hydrogen) atoms. The molecule has 0 aromatic rings. The van der Waals surface area contributed by atoms with E-state index in [4.69, 9.17) is 9.84 Å². The van der Waals surface area contributed by atoms with Crippen LogP contribution in [-0.2, 0) is 9.53 Å². The molecule has 0 aromatic heterocycles. The van der Waals surface area contributed by atoms with Crippen LogP contribution < -0.4 is 0 Å². The van der Waals surface area contributed by atoms with Crippen LogP contribution in [0.2, 0.25) is 0 Å². The first-order valence-electron chi connectivity index (χ1n) is 8.87. The lowest BCUT2D eigenvalue weighted by atomic mass is 10.1. The first kappa shape index (κ1) is 19.2. The Bertz CT molecular complexity index is 327. The highest BCUT2D eigenvalue weighted by atomic mass is 16.6. The summed E-state index contributed by atoms with van der Waals surface area (Å²) in [4.78, 5) is 10.4. The predicted molar refractivity (Wildman–Crippen MR) is 87.9 cm³/mol. The largest absolute Gasteiger partial charge is 0.481 e. The molecule has 1 rings (SSSR count). The van der Waals surface area contributed by atoms with Crippen molar-refractivity contribution in [2.75, 3.05) is 0 Å². The number of hydrogen-bond donors (Lipinski definition) is 2. The normalized spacial score (nSPS) is 22.1. The van der Waals surface area contributed by atoms with Crippen LogP contribution in [0.4, 0.5) is 0 Å². The third-order valence-corrected chi connectivity index (χ3v) is 4.13. The molecule has 0 radical (unpaired) electrons. The van der Waals surface area contributed by atoms with Crippen molar-refractivity contribution < 1.29 is 19.7 Å². The van der Waals surface area contributed by atoms with Crippen molar-refractivity contribution >= 4 is 5.97 Å². The Morgan fingerprint density at radius 2 is 1.86 bits per heavy atom. The Morgan fingerprint density at radius 3 is 2.59 bits per heavy atom. The zero-order valence-electron chi connectivity index (χ0n) is 13.9. The highest BCUT2D eigenvalue weighted by molar-refractivity contribution is 5.66. The average Bonchev–Trinajstić information content (AvgIpc) is 3.22. The zero-order valence-corrected chi connectivity index (χ0v) is 13.9. The molecule has 1 fully saturated rings. The molecule has 1 heterocycles. The number of aliphatic hydroxyl groups is 1. The first-order valence-corrected chi connectivity index (χ1v) is 8.87. The summed E-state index contributed by atoms with van der Waals surface area (Å²) in [6.07, 6.45) is 14.9. The van der Waals surface area contributed by atoms with Crippen LogP contribution in [-0.4, -0.2) is 34.5 Å². The van der Waals surface area contributed by atoms with Crippen LogP contribution in [0.3, 0.4) is 0 Å². The molecule has 2 N–H and O–H groups in total. The lowest BCUT2D eigenvalue weighted by Gasteiger charge is -2.05. The molecule has 1 saturated heterocycles. The maximum absolute atomic E-state index is 10.4. The van der Waals surface area contributed by atoms with Crippen LogP contribution in [0.25, 0.3) is 0 Å². The molecule has 1 unspecified atom stereocenters. The Morgan fingerprint density at radius 1 is 1.14 bits per heavy atom. The van der Waals surface area contributed by atoms with Crippen LogP contribution in [0.1, 0.15) is 77.6 Å². The second-order valence-corrected chi connectivity index (χ2v) is 6.29. The van der Waals surface area contributed by atoms with Crippen LogP contribution in [0, 0.1) is 0 Å². The topological polar surface area (TPSA) is 70.1 Å². The lowest BCUT2D eigenvalue weighted by Crippen LogP contribution is -2.02. The summed E-state index contributed by atoms with van der Waals surface area (Å²) in [5.74, 6) is -0.712. The van der Waals surface area contributed by atoms with Gasteiger partial charge < -0.3 is 14.9 Å². The van der Waals surface area contributed by atoms with Crippen molar-refractivity contribution in [1.82, 2.24) is 0 Å². The standard InChI is InChI=1S/C18H32O4/c1-2-3-7-11-16-17(22-16)14-13-15(19)10-8-5-4-6-9-12-18(20)21/h13-17,19H,2-12H2,1H3,(H,20,21)/b14-13+/t15?,16-,17-/m0/s1. The van der Waals surface area contributed by atoms with Crippen molar-refractivity contribution in [3.63, 3.8) is 0 Å². The number of aliphatic hydroxyl groups excluding tert-OH is 1. The highest BCUT2D eigenvalue weighted by Crippen LogP contribution is 2.28. The molecule has 1 aliphatic rings. The van der Waals surface area contributed by atoms with Crippen molar-refractivity contribution in [2.24, 2.45) is 0 Å². The van der Waals surface area contributed by atoms with E-state index >= 15 is 0 Å². The van der Waals surface area contributed by atoms with Gasteiger partial charge in [-0.05, 0) is 19.3 Å². The van der Waals surface area contributed by atoms with Gasteiger partial charge in [-0.1, -0.05) is 64.0 Å². The van der Waals surface area contributed by atoms with Gasteiger partial charge in [-0.15, -0.1) is 0 Å². The molecule has 1 aliphatic heterocycles. The number of carboxylic acid groups (broad SMARTS) is 1. The smallest absolute Gasteiger partial charge is 0.303 e. The predicted octanol–water partition coefficient (Wildman–Crippen LogP) is 4.07. The molecular formula is C18H32O4. The van der Waals surface area contributed by atoms with Crippen LogP contribution in [0.15, 0.2) is 12.2 Å². The highest BCUT2D eigenvalue weighted by Gasteiger charge is 2.35. The summed E-state index contributed by atoms with van der Waals surface area (Å²) in [7, 11) is 0. The van der Waals surface area contributed by atoms with Gasteiger partial charge in [0.2, 0.25) is 0 Å². The molecule has 0 saturated carbocycles. The number of carboxylic acids is 1. The van der Waals surface area contributed by atoms with Gasteiger partial charge in [-0.2, -0.15) is 0 Å². The number of rotatable bonds is 14. The third kappa shape index (κ3) is 9.96. The summed E-state index contributed by atoms with van der Waals surface area (Å²) >= 11 is 0. The number of hydrogen-bond acceptors (Lipinski definition) is 3. The van der Waals surface area contributed by atoms with Gasteiger partial charge in [0.05, 0.1) is 12.2 Å². The van der Waals surface area contributed by atoms with Crippen molar-refractivity contribution in [3.05, 3.63) is 12.2 Å². The number of aliphatic carboxylic acids is 1. The van der Waals surface area contributed by atoms with Gasteiger partial charge in [-0.25, -0.2) is 0 Å². The summed E-state index contributed by atoms with van der Waals surface area (Å²) in [6.45, 7) is 2.20. The van der Waals surface area contributed by atoms with E-state index in [9.17, 15) is 9.90 Å². The molecule has 0 bridgehead atoms. The zero-order chi connectivity index (χ0) is 16.2. The van der Waals surface area contributed by atoms with Gasteiger partial charge in [0, 0.05) is 6.42 Å². The van der Waals surface area contributed by atoms with Crippen molar-refractivity contribution in [2.45, 2.75) is 95.9 Å². The number of epoxide rings is 1. The van der Waals surface area contributed by atoms with E-state index in [-0.39, 0.29) is 18.6 Å². The van der Waals surface area contributed by atoms with Gasteiger partial charge in [0.1, 0.15) is 6.10 Å². The van der Waals surface area contributed by atoms with E-state index in [2.05, 4.69) is 6.92 Å². The molecular weight excluding hydrogens is 280 g/mol. The maximum atomic E-state index is 10.4. The molecule has 4 nitrogen and oxygen atoms in total. The Kier molecular flexibility index (Phi) is 10.2. The Balaban J connectivity index is 1.92. The van der Waals surface area contributed by atoms with Gasteiger partial charge >= 0.3 is 5.97 Å².